The summed E-state index contributed by atoms with van der Waals surface area (Å²) >= 11 is 6.54. The summed E-state index contributed by atoms with van der Waals surface area (Å²) in [6.07, 6.45) is 3.27. The maximum absolute atomic E-state index is 12.7. The number of thioether (sulfide) groups is 1. The summed E-state index contributed by atoms with van der Waals surface area (Å²) in [6.45, 7) is 2.12. The number of para-hydroxylation sites is 1. The van der Waals surface area contributed by atoms with Gasteiger partial charge in [0.25, 0.3) is 5.91 Å². The van der Waals surface area contributed by atoms with Crippen LogP contribution in [0.15, 0.2) is 52.0 Å². The van der Waals surface area contributed by atoms with Crippen LogP contribution in [0.1, 0.15) is 18.2 Å². The third kappa shape index (κ3) is 4.78. The average Bonchev–Trinajstić information content (AvgIpc) is 3.26. The number of rotatable bonds is 7. The van der Waals surface area contributed by atoms with Gasteiger partial charge in [-0.1, -0.05) is 42.2 Å². The summed E-state index contributed by atoms with van der Waals surface area (Å²) in [7, 11) is 0. The van der Waals surface area contributed by atoms with Gasteiger partial charge in [-0.3, -0.25) is 9.69 Å². The molecule has 0 radical (unpaired) electrons. The third-order valence-corrected chi connectivity index (χ3v) is 5.00. The van der Waals surface area contributed by atoms with Crippen LogP contribution in [-0.2, 0) is 20.9 Å². The van der Waals surface area contributed by atoms with Gasteiger partial charge < -0.3 is 13.9 Å². The van der Waals surface area contributed by atoms with Gasteiger partial charge in [-0.15, -0.1) is 0 Å². The Kier molecular flexibility index (Phi) is 6.31. The lowest BCUT2D eigenvalue weighted by Crippen LogP contribution is -2.27. The van der Waals surface area contributed by atoms with Crippen LogP contribution in [0.2, 0.25) is 0 Å². The van der Waals surface area contributed by atoms with Crippen LogP contribution in [0.5, 0.6) is 5.75 Å². The smallest absolute Gasteiger partial charge is 0.344 e. The predicted molar refractivity (Wildman–Crippen MR) is 106 cm³/mol. The molecule has 1 aromatic carbocycles. The molecule has 6 nitrogen and oxygen atoms in total. The zero-order chi connectivity index (χ0) is 19.2. The van der Waals surface area contributed by atoms with E-state index in [4.69, 9.17) is 26.1 Å². The lowest BCUT2D eigenvalue weighted by atomic mass is 10.2. The largest absolute Gasteiger partial charge is 0.481 e. The van der Waals surface area contributed by atoms with Crippen LogP contribution in [0, 0.1) is 0 Å². The van der Waals surface area contributed by atoms with Crippen molar-refractivity contribution in [2.24, 2.45) is 0 Å². The van der Waals surface area contributed by atoms with E-state index in [1.807, 2.05) is 6.07 Å². The van der Waals surface area contributed by atoms with Crippen molar-refractivity contribution < 1.29 is 23.5 Å². The van der Waals surface area contributed by atoms with Gasteiger partial charge in [0.2, 0.25) is 0 Å². The Bertz CT molecular complexity index is 876. The molecule has 27 heavy (non-hydrogen) atoms. The fourth-order valence-corrected chi connectivity index (χ4v) is 3.65. The standard InChI is InChI=1S/C19H17NO5S2/c1-2-23-17(21)12-25-15-8-4-3-6-13(15)10-16-18(22)20(19(26)27-16)11-14-7-5-9-24-14/h3-10H,2,11-12H2,1H3. The van der Waals surface area contributed by atoms with Crippen LogP contribution in [-0.4, -0.2) is 34.3 Å². The minimum absolute atomic E-state index is 0.193. The van der Waals surface area contributed by atoms with Crippen molar-refractivity contribution in [1.82, 2.24) is 4.90 Å². The Hall–Kier alpha value is -2.58. The number of nitrogens with zero attached hydrogens (tertiary/aromatic N) is 1. The highest BCUT2D eigenvalue weighted by Crippen LogP contribution is 2.35. The van der Waals surface area contributed by atoms with Crippen molar-refractivity contribution >= 4 is 46.3 Å². The Labute approximate surface area is 166 Å². The molecule has 140 valence electrons. The first kappa shape index (κ1) is 19.2. The third-order valence-electron chi connectivity index (χ3n) is 3.62. The molecular weight excluding hydrogens is 386 g/mol. The summed E-state index contributed by atoms with van der Waals surface area (Å²) in [6, 6.07) is 10.7. The molecular formula is C19H17NO5S2. The Morgan fingerprint density at radius 1 is 1.30 bits per heavy atom. The maximum atomic E-state index is 12.7. The molecule has 0 saturated carbocycles. The highest BCUT2D eigenvalue weighted by molar-refractivity contribution is 8.26. The van der Waals surface area contributed by atoms with Crippen LogP contribution < -0.4 is 4.74 Å². The van der Waals surface area contributed by atoms with E-state index in [1.54, 1.807) is 49.6 Å². The molecule has 0 spiro atoms. The van der Waals surface area contributed by atoms with Crippen molar-refractivity contribution in [3.05, 3.63) is 58.9 Å². The number of ether oxygens (including phenoxy) is 2. The fraction of sp³-hybridized carbons (Fsp3) is 0.211. The summed E-state index contributed by atoms with van der Waals surface area (Å²) in [5.74, 6) is 0.506. The van der Waals surface area contributed by atoms with E-state index in [9.17, 15) is 9.59 Å². The lowest BCUT2D eigenvalue weighted by Gasteiger charge is -2.12. The van der Waals surface area contributed by atoms with E-state index in [0.717, 1.165) is 0 Å². The molecule has 0 N–H and O–H groups in total. The molecule has 0 unspecified atom stereocenters. The molecule has 1 fully saturated rings. The molecule has 3 rings (SSSR count). The van der Waals surface area contributed by atoms with Gasteiger partial charge in [-0.2, -0.15) is 0 Å². The van der Waals surface area contributed by atoms with Crippen LogP contribution >= 0.6 is 24.0 Å². The first-order valence-electron chi connectivity index (χ1n) is 8.23. The number of hydrogen-bond donors (Lipinski definition) is 0. The number of esters is 1. The number of benzene rings is 1. The van der Waals surface area contributed by atoms with E-state index < -0.39 is 5.97 Å². The minimum Gasteiger partial charge on any atom is -0.481 e. The monoisotopic (exact) mass is 403 g/mol. The second-order valence-corrected chi connectivity index (χ2v) is 7.15. The van der Waals surface area contributed by atoms with Crippen LogP contribution in [0.3, 0.4) is 0 Å². The molecule has 1 saturated heterocycles. The van der Waals surface area contributed by atoms with Gasteiger partial charge in [0.05, 0.1) is 24.3 Å². The van der Waals surface area contributed by atoms with E-state index in [1.165, 1.54) is 16.7 Å². The Morgan fingerprint density at radius 2 is 2.11 bits per heavy atom. The predicted octanol–water partition coefficient (Wildman–Crippen LogP) is 3.62. The highest BCUT2D eigenvalue weighted by atomic mass is 32.2. The summed E-state index contributed by atoms with van der Waals surface area (Å²) in [4.78, 5) is 26.2. The van der Waals surface area contributed by atoms with Crippen molar-refractivity contribution in [2.45, 2.75) is 13.5 Å². The van der Waals surface area contributed by atoms with Gasteiger partial charge in [0.1, 0.15) is 15.8 Å². The van der Waals surface area contributed by atoms with Crippen molar-refractivity contribution in [1.29, 1.82) is 0 Å². The van der Waals surface area contributed by atoms with Gasteiger partial charge in [-0.25, -0.2) is 4.79 Å². The van der Waals surface area contributed by atoms with Gasteiger partial charge in [0, 0.05) is 5.56 Å². The van der Waals surface area contributed by atoms with E-state index in [0.29, 0.717) is 32.9 Å². The first-order valence-corrected chi connectivity index (χ1v) is 9.46. The molecule has 0 aliphatic carbocycles. The molecule has 8 heteroatoms. The summed E-state index contributed by atoms with van der Waals surface area (Å²) in [5.41, 5.74) is 0.681. The SMILES string of the molecule is CCOC(=O)COc1ccccc1C=C1SC(=S)N(Cc2ccco2)C1=O. The quantitative estimate of drug-likeness (QED) is 0.397. The van der Waals surface area contributed by atoms with Crippen molar-refractivity contribution in [3.8, 4) is 5.75 Å². The Balaban J connectivity index is 1.75. The molecule has 1 aliphatic rings. The second kappa shape index (κ2) is 8.88. The zero-order valence-electron chi connectivity index (χ0n) is 14.5. The van der Waals surface area contributed by atoms with Gasteiger partial charge in [0.15, 0.2) is 6.61 Å². The molecule has 0 atom stereocenters. The minimum atomic E-state index is -0.447. The molecule has 1 aliphatic heterocycles. The number of carbonyl (C=O) groups excluding carboxylic acids is 2. The van der Waals surface area contributed by atoms with Crippen molar-refractivity contribution in [3.63, 3.8) is 0 Å². The number of furan rings is 1. The second-order valence-electron chi connectivity index (χ2n) is 5.48. The Morgan fingerprint density at radius 3 is 2.85 bits per heavy atom. The number of carbonyl (C=O) groups is 2. The highest BCUT2D eigenvalue weighted by Gasteiger charge is 2.32. The van der Waals surface area contributed by atoms with Gasteiger partial charge in [-0.05, 0) is 31.2 Å². The number of amides is 1. The summed E-state index contributed by atoms with van der Waals surface area (Å²) in [5, 5.41) is 0. The molecule has 0 bridgehead atoms. The first-order chi connectivity index (χ1) is 13.1. The van der Waals surface area contributed by atoms with Crippen LogP contribution in [0.25, 0.3) is 6.08 Å². The fourth-order valence-electron chi connectivity index (χ4n) is 2.41. The van der Waals surface area contributed by atoms with E-state index in [-0.39, 0.29) is 19.1 Å². The number of hydrogen-bond acceptors (Lipinski definition) is 7. The average molecular weight is 403 g/mol. The number of thiocarbonyl (C=S) groups is 1. The molecule has 1 amide bonds. The van der Waals surface area contributed by atoms with Crippen LogP contribution in [0.4, 0.5) is 0 Å². The maximum Gasteiger partial charge on any atom is 0.344 e. The van der Waals surface area contributed by atoms with Gasteiger partial charge >= 0.3 is 5.97 Å². The van der Waals surface area contributed by atoms with E-state index >= 15 is 0 Å². The molecule has 2 aromatic rings. The molecule has 2 heterocycles. The topological polar surface area (TPSA) is 69.0 Å². The van der Waals surface area contributed by atoms with Crippen molar-refractivity contribution in [2.75, 3.05) is 13.2 Å². The van der Waals surface area contributed by atoms with E-state index in [2.05, 4.69) is 0 Å². The summed E-state index contributed by atoms with van der Waals surface area (Å²) < 4.78 is 16.2. The molecule has 1 aromatic heterocycles. The zero-order valence-corrected chi connectivity index (χ0v) is 16.2. The lowest BCUT2D eigenvalue weighted by molar-refractivity contribution is -0.145. The normalized spacial score (nSPS) is 15.4.